The van der Waals surface area contributed by atoms with E-state index in [1.807, 2.05) is 6.92 Å². The third kappa shape index (κ3) is 4.61. The van der Waals surface area contributed by atoms with Gasteiger partial charge in [0.15, 0.2) is 0 Å². The summed E-state index contributed by atoms with van der Waals surface area (Å²) in [5.41, 5.74) is -0.243. The second-order valence-electron chi connectivity index (χ2n) is 5.12. The fraction of sp³-hybridized carbons (Fsp3) is 0.500. The van der Waals surface area contributed by atoms with Crippen LogP contribution in [0.4, 0.5) is 13.2 Å². The molecule has 3 nitrogen and oxygen atoms in total. The molecule has 1 amide bonds. The highest BCUT2D eigenvalue weighted by Crippen LogP contribution is 2.29. The zero-order valence-electron chi connectivity index (χ0n) is 11.5. The molecule has 1 heterocycles. The Hall–Kier alpha value is -1.27. The molecule has 1 atom stereocenters. The lowest BCUT2D eigenvalue weighted by molar-refractivity contribution is -0.137. The zero-order chi connectivity index (χ0) is 14.8. The van der Waals surface area contributed by atoms with Gasteiger partial charge in [0.2, 0.25) is 5.91 Å². The van der Waals surface area contributed by atoms with Gasteiger partial charge in [-0.15, -0.1) is 12.4 Å². The first kappa shape index (κ1) is 17.8. The number of nitrogens with one attached hydrogen (secondary N) is 2. The molecule has 1 unspecified atom stereocenters. The standard InChI is InChI=1S/C14H17F3N2O.ClH/c1-9(11-7-18-8-11)13(20)19-6-10-3-2-4-12(5-10)14(15,16)17;/h2-5,9,11,18H,6-8H2,1H3,(H,19,20);1H. The summed E-state index contributed by atoms with van der Waals surface area (Å²) in [5, 5.41) is 5.78. The predicted molar refractivity (Wildman–Crippen MR) is 76.1 cm³/mol. The summed E-state index contributed by atoms with van der Waals surface area (Å²) in [6.07, 6.45) is -4.36. The first-order valence-electron chi connectivity index (χ1n) is 6.52. The average molecular weight is 323 g/mol. The topological polar surface area (TPSA) is 41.1 Å². The number of hydrogen-bond donors (Lipinski definition) is 2. The quantitative estimate of drug-likeness (QED) is 0.894. The molecule has 21 heavy (non-hydrogen) atoms. The van der Waals surface area contributed by atoms with Gasteiger partial charge in [0.25, 0.3) is 0 Å². The average Bonchev–Trinajstić information content (AvgIpc) is 2.33. The molecule has 1 saturated heterocycles. The van der Waals surface area contributed by atoms with E-state index in [9.17, 15) is 18.0 Å². The maximum atomic E-state index is 12.6. The minimum absolute atomic E-state index is 0. The summed E-state index contributed by atoms with van der Waals surface area (Å²) in [5.74, 6) is 0.0764. The van der Waals surface area contributed by atoms with Gasteiger partial charge in [-0.05, 0) is 36.7 Å². The van der Waals surface area contributed by atoms with Gasteiger partial charge >= 0.3 is 6.18 Å². The van der Waals surface area contributed by atoms with E-state index in [-0.39, 0.29) is 30.8 Å². The molecule has 7 heteroatoms. The number of rotatable bonds is 4. The molecule has 1 aliphatic rings. The van der Waals surface area contributed by atoms with Crippen molar-refractivity contribution >= 4 is 18.3 Å². The van der Waals surface area contributed by atoms with E-state index in [1.54, 1.807) is 6.07 Å². The Morgan fingerprint density at radius 3 is 2.62 bits per heavy atom. The van der Waals surface area contributed by atoms with Crippen molar-refractivity contribution in [2.45, 2.75) is 19.6 Å². The molecule has 0 bridgehead atoms. The Morgan fingerprint density at radius 1 is 1.43 bits per heavy atom. The fourth-order valence-corrected chi connectivity index (χ4v) is 2.09. The number of amides is 1. The number of halogens is 4. The van der Waals surface area contributed by atoms with Crippen molar-refractivity contribution in [1.82, 2.24) is 10.6 Å². The van der Waals surface area contributed by atoms with E-state index in [0.29, 0.717) is 11.5 Å². The van der Waals surface area contributed by atoms with E-state index >= 15 is 0 Å². The summed E-state index contributed by atoms with van der Waals surface area (Å²) >= 11 is 0. The molecule has 1 aromatic rings. The highest BCUT2D eigenvalue weighted by molar-refractivity contribution is 5.85. The molecule has 118 valence electrons. The highest BCUT2D eigenvalue weighted by Gasteiger charge is 2.31. The first-order valence-corrected chi connectivity index (χ1v) is 6.52. The van der Waals surface area contributed by atoms with Crippen LogP contribution >= 0.6 is 12.4 Å². The summed E-state index contributed by atoms with van der Waals surface area (Å²) in [4.78, 5) is 11.9. The summed E-state index contributed by atoms with van der Waals surface area (Å²) in [7, 11) is 0. The predicted octanol–water partition coefficient (Wildman–Crippen LogP) is 2.60. The van der Waals surface area contributed by atoms with Gasteiger partial charge in [-0.3, -0.25) is 4.79 Å². The van der Waals surface area contributed by atoms with Crippen molar-refractivity contribution in [3.05, 3.63) is 35.4 Å². The van der Waals surface area contributed by atoms with Crippen LogP contribution in [0.25, 0.3) is 0 Å². The van der Waals surface area contributed by atoms with Gasteiger partial charge in [0.05, 0.1) is 5.56 Å². The number of hydrogen-bond acceptors (Lipinski definition) is 2. The van der Waals surface area contributed by atoms with Crippen LogP contribution in [0.5, 0.6) is 0 Å². The Labute approximate surface area is 127 Å². The SMILES string of the molecule is CC(C(=O)NCc1cccc(C(F)(F)F)c1)C1CNC1.Cl. The van der Waals surface area contributed by atoms with Gasteiger partial charge < -0.3 is 10.6 Å². The normalized spacial score (nSPS) is 16.6. The lowest BCUT2D eigenvalue weighted by atomic mass is 9.88. The van der Waals surface area contributed by atoms with Gasteiger partial charge in [-0.1, -0.05) is 19.1 Å². The van der Waals surface area contributed by atoms with Crippen LogP contribution < -0.4 is 10.6 Å². The smallest absolute Gasteiger partial charge is 0.352 e. The van der Waals surface area contributed by atoms with E-state index in [4.69, 9.17) is 0 Å². The molecule has 0 radical (unpaired) electrons. The number of carbonyl (C=O) groups excluding carboxylic acids is 1. The highest BCUT2D eigenvalue weighted by atomic mass is 35.5. The molecule has 0 aliphatic carbocycles. The molecule has 1 fully saturated rings. The molecule has 1 aromatic carbocycles. The molecular formula is C14H18ClF3N2O. The first-order chi connectivity index (χ1) is 9.38. The van der Waals surface area contributed by atoms with Crippen LogP contribution in [-0.2, 0) is 17.5 Å². The minimum Gasteiger partial charge on any atom is -0.352 e. The lowest BCUT2D eigenvalue weighted by Gasteiger charge is -2.31. The lowest BCUT2D eigenvalue weighted by Crippen LogP contribution is -2.49. The van der Waals surface area contributed by atoms with E-state index < -0.39 is 11.7 Å². The third-order valence-corrected chi connectivity index (χ3v) is 3.65. The second kappa shape index (κ2) is 7.13. The van der Waals surface area contributed by atoms with Gasteiger partial charge in [0.1, 0.15) is 0 Å². The van der Waals surface area contributed by atoms with Crippen molar-refractivity contribution < 1.29 is 18.0 Å². The summed E-state index contributed by atoms with van der Waals surface area (Å²) < 4.78 is 37.7. The van der Waals surface area contributed by atoms with Gasteiger partial charge in [0, 0.05) is 12.5 Å². The Kier molecular flexibility index (Phi) is 6.04. The maximum Gasteiger partial charge on any atom is 0.416 e. The summed E-state index contributed by atoms with van der Waals surface area (Å²) in [6, 6.07) is 5.01. The van der Waals surface area contributed by atoms with Crippen LogP contribution in [0.1, 0.15) is 18.1 Å². The van der Waals surface area contributed by atoms with Crippen molar-refractivity contribution in [2.75, 3.05) is 13.1 Å². The molecule has 0 saturated carbocycles. The molecule has 2 rings (SSSR count). The van der Waals surface area contributed by atoms with Crippen LogP contribution in [0.15, 0.2) is 24.3 Å². The van der Waals surface area contributed by atoms with Crippen molar-refractivity contribution in [1.29, 1.82) is 0 Å². The summed E-state index contributed by atoms with van der Waals surface area (Å²) in [6.45, 7) is 3.59. The molecule has 1 aliphatic heterocycles. The Balaban J connectivity index is 0.00000220. The molecule has 0 spiro atoms. The second-order valence-corrected chi connectivity index (χ2v) is 5.12. The van der Waals surface area contributed by atoms with Crippen molar-refractivity contribution in [3.8, 4) is 0 Å². The van der Waals surface area contributed by atoms with E-state index in [2.05, 4.69) is 10.6 Å². The Morgan fingerprint density at radius 2 is 2.10 bits per heavy atom. The minimum atomic E-state index is -4.36. The molecule has 2 N–H and O–H groups in total. The van der Waals surface area contributed by atoms with Crippen molar-refractivity contribution in [3.63, 3.8) is 0 Å². The van der Waals surface area contributed by atoms with E-state index in [1.165, 1.54) is 6.07 Å². The van der Waals surface area contributed by atoms with Crippen LogP contribution in [-0.4, -0.2) is 19.0 Å². The number of alkyl halides is 3. The number of carbonyl (C=O) groups is 1. The zero-order valence-corrected chi connectivity index (χ0v) is 12.4. The molecule has 0 aromatic heterocycles. The van der Waals surface area contributed by atoms with Gasteiger partial charge in [-0.25, -0.2) is 0 Å². The van der Waals surface area contributed by atoms with Crippen LogP contribution in [0.2, 0.25) is 0 Å². The number of benzene rings is 1. The molecular weight excluding hydrogens is 305 g/mol. The largest absolute Gasteiger partial charge is 0.416 e. The van der Waals surface area contributed by atoms with Crippen LogP contribution in [0.3, 0.4) is 0 Å². The maximum absolute atomic E-state index is 12.6. The Bertz CT molecular complexity index is 489. The van der Waals surface area contributed by atoms with Gasteiger partial charge in [-0.2, -0.15) is 13.2 Å². The fourth-order valence-electron chi connectivity index (χ4n) is 2.09. The van der Waals surface area contributed by atoms with Crippen molar-refractivity contribution in [2.24, 2.45) is 11.8 Å². The van der Waals surface area contributed by atoms with E-state index in [0.717, 1.165) is 25.2 Å². The van der Waals surface area contributed by atoms with Crippen LogP contribution in [0, 0.1) is 11.8 Å². The third-order valence-electron chi connectivity index (χ3n) is 3.65. The monoisotopic (exact) mass is 322 g/mol.